The SMILES string of the molecule is O=C(NC1CN2CCC1CC2)c1ccc(Oc2cccnc2Cl)cc1. The molecule has 2 bridgehead atoms. The van der Waals surface area contributed by atoms with Crippen molar-refractivity contribution in [1.82, 2.24) is 15.2 Å². The highest BCUT2D eigenvalue weighted by molar-refractivity contribution is 6.30. The van der Waals surface area contributed by atoms with Crippen molar-refractivity contribution in [2.24, 2.45) is 5.92 Å². The number of hydrogen-bond acceptors (Lipinski definition) is 4. The minimum atomic E-state index is -0.0234. The molecule has 3 saturated heterocycles. The molecule has 5 nitrogen and oxygen atoms in total. The molecule has 1 amide bonds. The molecular weight excluding hydrogens is 338 g/mol. The number of piperidine rings is 3. The van der Waals surface area contributed by atoms with E-state index in [-0.39, 0.29) is 11.9 Å². The van der Waals surface area contributed by atoms with Crippen molar-refractivity contribution in [1.29, 1.82) is 0 Å². The number of benzene rings is 1. The second kappa shape index (κ2) is 7.02. The number of fused-ring (bicyclic) bond motifs is 3. The lowest BCUT2D eigenvalue weighted by atomic mass is 9.84. The number of aromatic nitrogens is 1. The number of carbonyl (C=O) groups is 1. The number of amides is 1. The highest BCUT2D eigenvalue weighted by Gasteiger charge is 2.34. The monoisotopic (exact) mass is 357 g/mol. The van der Waals surface area contributed by atoms with Crippen LogP contribution in [0.3, 0.4) is 0 Å². The van der Waals surface area contributed by atoms with Crippen LogP contribution in [-0.2, 0) is 0 Å². The first-order valence-corrected chi connectivity index (χ1v) is 8.98. The Morgan fingerprint density at radius 2 is 1.96 bits per heavy atom. The van der Waals surface area contributed by atoms with Gasteiger partial charge in [-0.2, -0.15) is 0 Å². The van der Waals surface area contributed by atoms with Gasteiger partial charge in [0.2, 0.25) is 0 Å². The molecule has 3 fully saturated rings. The van der Waals surface area contributed by atoms with E-state index in [4.69, 9.17) is 16.3 Å². The Kier molecular flexibility index (Phi) is 4.59. The molecule has 0 saturated carbocycles. The van der Waals surface area contributed by atoms with Crippen molar-refractivity contribution in [3.05, 3.63) is 53.3 Å². The standard InChI is InChI=1S/C19H20ClN3O2/c20-18-17(2-1-9-21-18)25-15-5-3-14(4-6-15)19(24)22-16-12-23-10-7-13(16)8-11-23/h1-6,9,13,16H,7-8,10-12H2,(H,22,24). The van der Waals surface area contributed by atoms with Gasteiger partial charge in [-0.15, -0.1) is 0 Å². The smallest absolute Gasteiger partial charge is 0.251 e. The van der Waals surface area contributed by atoms with Crippen molar-refractivity contribution < 1.29 is 9.53 Å². The van der Waals surface area contributed by atoms with E-state index in [2.05, 4.69) is 15.2 Å². The molecule has 0 radical (unpaired) electrons. The zero-order valence-corrected chi connectivity index (χ0v) is 14.6. The van der Waals surface area contributed by atoms with E-state index in [0.29, 0.717) is 28.1 Å². The Morgan fingerprint density at radius 3 is 2.60 bits per heavy atom. The second-order valence-corrected chi connectivity index (χ2v) is 6.99. The zero-order chi connectivity index (χ0) is 17.2. The number of ether oxygens (including phenoxy) is 1. The Morgan fingerprint density at radius 1 is 1.20 bits per heavy atom. The third-order valence-electron chi connectivity index (χ3n) is 5.04. The highest BCUT2D eigenvalue weighted by atomic mass is 35.5. The largest absolute Gasteiger partial charge is 0.454 e. The highest BCUT2D eigenvalue weighted by Crippen LogP contribution is 2.29. The fourth-order valence-corrected chi connectivity index (χ4v) is 3.79. The molecule has 1 aromatic carbocycles. The van der Waals surface area contributed by atoms with Gasteiger partial charge < -0.3 is 15.0 Å². The summed E-state index contributed by atoms with van der Waals surface area (Å²) in [6.45, 7) is 3.30. The summed E-state index contributed by atoms with van der Waals surface area (Å²) in [6.07, 6.45) is 3.98. The Bertz CT molecular complexity index is 758. The average Bonchev–Trinajstić information content (AvgIpc) is 2.65. The first-order valence-electron chi connectivity index (χ1n) is 8.61. The van der Waals surface area contributed by atoms with Crippen LogP contribution in [0, 0.1) is 5.92 Å². The van der Waals surface area contributed by atoms with Crippen molar-refractivity contribution in [3.63, 3.8) is 0 Å². The van der Waals surface area contributed by atoms with Gasteiger partial charge in [0.1, 0.15) is 5.75 Å². The van der Waals surface area contributed by atoms with Crippen molar-refractivity contribution in [2.75, 3.05) is 19.6 Å². The molecule has 3 aliphatic rings. The average molecular weight is 358 g/mol. The topological polar surface area (TPSA) is 54.5 Å². The Hall–Kier alpha value is -2.11. The minimum absolute atomic E-state index is 0.0234. The van der Waals surface area contributed by atoms with Gasteiger partial charge in [0.25, 0.3) is 5.91 Å². The molecule has 1 unspecified atom stereocenters. The van der Waals surface area contributed by atoms with Crippen LogP contribution in [0.4, 0.5) is 0 Å². The summed E-state index contributed by atoms with van der Waals surface area (Å²) in [5.74, 6) is 1.71. The number of pyridine rings is 1. The van der Waals surface area contributed by atoms with Crippen molar-refractivity contribution >= 4 is 17.5 Å². The van der Waals surface area contributed by atoms with Crippen LogP contribution in [0.2, 0.25) is 5.15 Å². The van der Waals surface area contributed by atoms with E-state index in [0.717, 1.165) is 6.54 Å². The van der Waals surface area contributed by atoms with Gasteiger partial charge in [-0.25, -0.2) is 4.98 Å². The molecule has 0 aliphatic carbocycles. The zero-order valence-electron chi connectivity index (χ0n) is 13.8. The van der Waals surface area contributed by atoms with E-state index < -0.39 is 0 Å². The molecule has 4 heterocycles. The third kappa shape index (κ3) is 3.62. The minimum Gasteiger partial charge on any atom is -0.454 e. The van der Waals surface area contributed by atoms with Crippen LogP contribution in [-0.4, -0.2) is 41.5 Å². The van der Waals surface area contributed by atoms with Crippen LogP contribution >= 0.6 is 11.6 Å². The van der Waals surface area contributed by atoms with Crippen LogP contribution < -0.4 is 10.1 Å². The number of hydrogen-bond donors (Lipinski definition) is 1. The van der Waals surface area contributed by atoms with E-state index in [1.165, 1.54) is 25.9 Å². The molecule has 0 spiro atoms. The van der Waals surface area contributed by atoms with Crippen LogP contribution in [0.25, 0.3) is 0 Å². The molecule has 2 aromatic rings. The van der Waals surface area contributed by atoms with Crippen LogP contribution in [0.15, 0.2) is 42.6 Å². The molecule has 25 heavy (non-hydrogen) atoms. The molecular formula is C19H20ClN3O2. The van der Waals surface area contributed by atoms with Gasteiger partial charge in [-0.05, 0) is 68.2 Å². The van der Waals surface area contributed by atoms with Crippen LogP contribution in [0.1, 0.15) is 23.2 Å². The van der Waals surface area contributed by atoms with Crippen LogP contribution in [0.5, 0.6) is 11.5 Å². The molecule has 6 heteroatoms. The Labute approximate surface area is 152 Å². The predicted octanol–water partition coefficient (Wildman–Crippen LogP) is 3.35. The third-order valence-corrected chi connectivity index (χ3v) is 5.33. The number of nitrogens with one attached hydrogen (secondary N) is 1. The lowest BCUT2D eigenvalue weighted by molar-refractivity contribution is 0.0620. The van der Waals surface area contributed by atoms with E-state index in [1.54, 1.807) is 42.6 Å². The Balaban J connectivity index is 1.40. The molecule has 1 aromatic heterocycles. The molecule has 1 N–H and O–H groups in total. The van der Waals surface area contributed by atoms with Gasteiger partial charge in [-0.3, -0.25) is 4.79 Å². The predicted molar refractivity (Wildman–Crippen MR) is 96.2 cm³/mol. The number of carbonyl (C=O) groups excluding carboxylic acids is 1. The van der Waals surface area contributed by atoms with Crippen molar-refractivity contribution in [2.45, 2.75) is 18.9 Å². The van der Waals surface area contributed by atoms with Gasteiger partial charge in [0.05, 0.1) is 0 Å². The van der Waals surface area contributed by atoms with Gasteiger partial charge in [0, 0.05) is 24.3 Å². The normalized spacial score (nSPS) is 24.8. The van der Waals surface area contributed by atoms with Crippen molar-refractivity contribution in [3.8, 4) is 11.5 Å². The summed E-state index contributed by atoms with van der Waals surface area (Å²) < 4.78 is 5.70. The fourth-order valence-electron chi connectivity index (χ4n) is 3.63. The van der Waals surface area contributed by atoms with E-state index in [9.17, 15) is 4.79 Å². The van der Waals surface area contributed by atoms with Gasteiger partial charge >= 0.3 is 0 Å². The summed E-state index contributed by atoms with van der Waals surface area (Å²) in [4.78, 5) is 18.9. The van der Waals surface area contributed by atoms with Gasteiger partial charge in [0.15, 0.2) is 10.9 Å². The van der Waals surface area contributed by atoms with Gasteiger partial charge in [-0.1, -0.05) is 11.6 Å². The fraction of sp³-hybridized carbons (Fsp3) is 0.368. The summed E-state index contributed by atoms with van der Waals surface area (Å²) >= 11 is 5.99. The lowest BCUT2D eigenvalue weighted by Gasteiger charge is -2.44. The molecule has 5 rings (SSSR count). The number of halogens is 1. The van der Waals surface area contributed by atoms with E-state index >= 15 is 0 Å². The summed E-state index contributed by atoms with van der Waals surface area (Å²) in [5.41, 5.74) is 0.640. The quantitative estimate of drug-likeness (QED) is 0.852. The second-order valence-electron chi connectivity index (χ2n) is 6.64. The number of rotatable bonds is 4. The first-order chi connectivity index (χ1) is 12.2. The maximum absolute atomic E-state index is 12.5. The summed E-state index contributed by atoms with van der Waals surface area (Å²) in [6, 6.07) is 10.9. The molecule has 1 atom stereocenters. The number of nitrogens with zero attached hydrogens (tertiary/aromatic N) is 2. The van der Waals surface area contributed by atoms with E-state index in [1.807, 2.05) is 0 Å². The summed E-state index contributed by atoms with van der Waals surface area (Å²) in [5, 5.41) is 3.50. The maximum atomic E-state index is 12.5. The molecule has 130 valence electrons. The molecule has 3 aliphatic heterocycles. The summed E-state index contributed by atoms with van der Waals surface area (Å²) in [7, 11) is 0. The first kappa shape index (κ1) is 16.4. The maximum Gasteiger partial charge on any atom is 0.251 e. The lowest BCUT2D eigenvalue weighted by Crippen LogP contribution is -2.57.